The Morgan fingerprint density at radius 2 is 1.11 bits per heavy atom. The second-order valence-electron chi connectivity index (χ2n) is 3.50. The first-order valence-corrected chi connectivity index (χ1v) is 9.61. The van der Waals surface area contributed by atoms with Crippen LogP contribution in [0.5, 0.6) is 11.5 Å². The van der Waals surface area contributed by atoms with Crippen molar-refractivity contribution < 1.29 is 4.74 Å². The Hall–Kier alpha value is 1.12. The maximum absolute atomic E-state index is 5.95. The van der Waals surface area contributed by atoms with Crippen LogP contribution in [0.25, 0.3) is 0 Å². The number of rotatable bonds is 2. The summed E-state index contributed by atoms with van der Waals surface area (Å²) in [5.74, 6) is 1.44. The standard InChI is InChI=1S/C12H4Br6O/c13-5-1-9(17)12(10(18)2-5)19-11-4-7(15)6(14)3-8(11)16/h1-4H. The first kappa shape index (κ1) is 16.5. The van der Waals surface area contributed by atoms with Crippen molar-refractivity contribution in [2.24, 2.45) is 0 Å². The molecule has 0 aromatic heterocycles. The van der Waals surface area contributed by atoms with Crippen LogP contribution in [0, 0.1) is 0 Å². The topological polar surface area (TPSA) is 9.23 Å². The molecule has 0 atom stereocenters. The molecule has 0 N–H and O–H groups in total. The van der Waals surface area contributed by atoms with Crippen molar-refractivity contribution in [2.75, 3.05) is 0 Å². The third-order valence-electron chi connectivity index (χ3n) is 2.15. The highest BCUT2D eigenvalue weighted by Gasteiger charge is 2.13. The molecule has 19 heavy (non-hydrogen) atoms. The van der Waals surface area contributed by atoms with Crippen LogP contribution in [0.2, 0.25) is 0 Å². The molecule has 0 heterocycles. The van der Waals surface area contributed by atoms with E-state index in [2.05, 4.69) is 95.6 Å². The van der Waals surface area contributed by atoms with E-state index in [0.29, 0.717) is 0 Å². The summed E-state index contributed by atoms with van der Waals surface area (Å²) in [5.41, 5.74) is 0. The molecule has 0 saturated heterocycles. The van der Waals surface area contributed by atoms with E-state index in [1.165, 1.54) is 0 Å². The van der Waals surface area contributed by atoms with E-state index in [1.807, 2.05) is 24.3 Å². The van der Waals surface area contributed by atoms with Gasteiger partial charge in [0.25, 0.3) is 0 Å². The highest BCUT2D eigenvalue weighted by atomic mass is 79.9. The lowest BCUT2D eigenvalue weighted by atomic mass is 10.3. The van der Waals surface area contributed by atoms with Crippen molar-refractivity contribution in [1.29, 1.82) is 0 Å². The van der Waals surface area contributed by atoms with Gasteiger partial charge in [0.15, 0.2) is 5.75 Å². The lowest BCUT2D eigenvalue weighted by Crippen LogP contribution is -1.89. The molecular weight excluding hydrogens is 640 g/mol. The minimum absolute atomic E-state index is 0.720. The summed E-state index contributed by atoms with van der Waals surface area (Å²) in [7, 11) is 0. The molecule has 0 aliphatic heterocycles. The van der Waals surface area contributed by atoms with E-state index in [4.69, 9.17) is 4.74 Å². The van der Waals surface area contributed by atoms with Crippen molar-refractivity contribution in [3.8, 4) is 11.5 Å². The molecule has 0 amide bonds. The third-order valence-corrected chi connectivity index (χ3v) is 6.25. The zero-order valence-electron chi connectivity index (χ0n) is 8.99. The summed E-state index contributed by atoms with van der Waals surface area (Å²) < 4.78 is 11.4. The first-order valence-electron chi connectivity index (χ1n) is 4.85. The van der Waals surface area contributed by atoms with Crippen LogP contribution in [-0.4, -0.2) is 0 Å². The van der Waals surface area contributed by atoms with Crippen molar-refractivity contribution in [1.82, 2.24) is 0 Å². The highest BCUT2D eigenvalue weighted by Crippen LogP contribution is 2.42. The molecule has 0 spiro atoms. The Balaban J connectivity index is 2.45. The van der Waals surface area contributed by atoms with E-state index in [0.717, 1.165) is 38.3 Å². The van der Waals surface area contributed by atoms with Gasteiger partial charge in [-0.25, -0.2) is 0 Å². The number of hydrogen-bond donors (Lipinski definition) is 0. The molecule has 0 aliphatic carbocycles. The van der Waals surface area contributed by atoms with Gasteiger partial charge in [-0.15, -0.1) is 0 Å². The van der Waals surface area contributed by atoms with Gasteiger partial charge in [-0.05, 0) is 104 Å². The molecule has 0 fully saturated rings. The Kier molecular flexibility index (Phi) is 6.01. The van der Waals surface area contributed by atoms with Crippen molar-refractivity contribution in [2.45, 2.75) is 0 Å². The first-order chi connectivity index (χ1) is 8.88. The molecule has 0 radical (unpaired) electrons. The summed E-state index contributed by atoms with van der Waals surface area (Å²) in [4.78, 5) is 0. The molecule has 2 rings (SSSR count). The molecule has 2 aromatic rings. The molecule has 7 heteroatoms. The number of hydrogen-bond acceptors (Lipinski definition) is 1. The van der Waals surface area contributed by atoms with Gasteiger partial charge in [0.1, 0.15) is 5.75 Å². The van der Waals surface area contributed by atoms with E-state index in [1.54, 1.807) is 0 Å². The van der Waals surface area contributed by atoms with E-state index in [-0.39, 0.29) is 0 Å². The van der Waals surface area contributed by atoms with E-state index in [9.17, 15) is 0 Å². The predicted molar refractivity (Wildman–Crippen MR) is 99.2 cm³/mol. The minimum Gasteiger partial charge on any atom is -0.454 e. The molecule has 100 valence electrons. The fourth-order valence-corrected chi connectivity index (χ4v) is 5.14. The van der Waals surface area contributed by atoms with Gasteiger partial charge < -0.3 is 4.74 Å². The normalized spacial score (nSPS) is 10.6. The van der Waals surface area contributed by atoms with E-state index < -0.39 is 0 Å². The fraction of sp³-hybridized carbons (Fsp3) is 0. The maximum Gasteiger partial charge on any atom is 0.155 e. The Morgan fingerprint density at radius 1 is 0.579 bits per heavy atom. The molecule has 2 aromatic carbocycles. The maximum atomic E-state index is 5.95. The molecule has 1 nitrogen and oxygen atoms in total. The smallest absolute Gasteiger partial charge is 0.155 e. The molecule has 0 bridgehead atoms. The number of benzene rings is 2. The summed E-state index contributed by atoms with van der Waals surface area (Å²) in [6.45, 7) is 0. The van der Waals surface area contributed by atoms with Gasteiger partial charge in [-0.3, -0.25) is 0 Å². The predicted octanol–water partition coefficient (Wildman–Crippen LogP) is 8.05. The Morgan fingerprint density at radius 3 is 1.68 bits per heavy atom. The SMILES string of the molecule is Brc1cc(Br)c(Oc2cc(Br)c(Br)cc2Br)c(Br)c1. The lowest BCUT2D eigenvalue weighted by Gasteiger charge is -2.13. The largest absolute Gasteiger partial charge is 0.454 e. The minimum atomic E-state index is 0.720. The molecule has 0 unspecified atom stereocenters. The summed E-state index contributed by atoms with van der Waals surface area (Å²) >= 11 is 20.8. The van der Waals surface area contributed by atoms with Crippen molar-refractivity contribution >= 4 is 95.6 Å². The molecule has 0 saturated carbocycles. The van der Waals surface area contributed by atoms with Gasteiger partial charge in [0.2, 0.25) is 0 Å². The zero-order chi connectivity index (χ0) is 14.2. The average molecular weight is 644 g/mol. The second kappa shape index (κ2) is 6.92. The molecular formula is C12H4Br6O. The fourth-order valence-electron chi connectivity index (χ4n) is 1.32. The summed E-state index contributed by atoms with van der Waals surface area (Å²) in [6, 6.07) is 7.69. The quantitative estimate of drug-likeness (QED) is 0.301. The van der Waals surface area contributed by atoms with Gasteiger partial charge in [0, 0.05) is 13.4 Å². The lowest BCUT2D eigenvalue weighted by molar-refractivity contribution is 0.473. The van der Waals surface area contributed by atoms with E-state index >= 15 is 0 Å². The van der Waals surface area contributed by atoms with Crippen LogP contribution >= 0.6 is 95.6 Å². The monoisotopic (exact) mass is 638 g/mol. The van der Waals surface area contributed by atoms with Crippen LogP contribution in [0.4, 0.5) is 0 Å². The van der Waals surface area contributed by atoms with Crippen molar-refractivity contribution in [3.05, 3.63) is 51.1 Å². The van der Waals surface area contributed by atoms with Crippen LogP contribution in [0.15, 0.2) is 51.1 Å². The Bertz CT molecular complexity index is 617. The van der Waals surface area contributed by atoms with Crippen molar-refractivity contribution in [3.63, 3.8) is 0 Å². The third kappa shape index (κ3) is 4.07. The zero-order valence-corrected chi connectivity index (χ0v) is 18.5. The summed E-state index contributed by atoms with van der Waals surface area (Å²) in [6.07, 6.45) is 0. The van der Waals surface area contributed by atoms with Gasteiger partial charge in [0.05, 0.1) is 13.4 Å². The van der Waals surface area contributed by atoms with Crippen LogP contribution in [0.3, 0.4) is 0 Å². The Labute approximate surface area is 161 Å². The van der Waals surface area contributed by atoms with Crippen LogP contribution < -0.4 is 4.74 Å². The van der Waals surface area contributed by atoms with Crippen LogP contribution in [-0.2, 0) is 0 Å². The number of halogens is 6. The van der Waals surface area contributed by atoms with Gasteiger partial charge >= 0.3 is 0 Å². The summed E-state index contributed by atoms with van der Waals surface area (Å²) in [5, 5.41) is 0. The van der Waals surface area contributed by atoms with Crippen LogP contribution in [0.1, 0.15) is 0 Å². The molecule has 0 aliphatic rings. The highest BCUT2D eigenvalue weighted by molar-refractivity contribution is 9.13. The van der Waals surface area contributed by atoms with Gasteiger partial charge in [-0.1, -0.05) is 15.9 Å². The number of ether oxygens (including phenoxy) is 1. The van der Waals surface area contributed by atoms with Gasteiger partial charge in [-0.2, -0.15) is 0 Å². The second-order valence-corrected chi connectivity index (χ2v) is 8.68. The average Bonchev–Trinajstić information content (AvgIpc) is 2.29.